The number of halogens is 3. The number of pyridine rings is 1. The van der Waals surface area contributed by atoms with Gasteiger partial charge in [0.15, 0.2) is 11.6 Å². The SMILES string of the molecule is Cc1cnccc1CN1CC(c2cc(F)c(F)c(Br)c2)CC1=O. The molecule has 1 aromatic heterocycles. The Morgan fingerprint density at radius 1 is 1.39 bits per heavy atom. The van der Waals surface area contributed by atoms with Crippen molar-refractivity contribution in [1.82, 2.24) is 9.88 Å². The van der Waals surface area contributed by atoms with Gasteiger partial charge in [-0.15, -0.1) is 0 Å². The number of amides is 1. The van der Waals surface area contributed by atoms with E-state index in [2.05, 4.69) is 20.9 Å². The summed E-state index contributed by atoms with van der Waals surface area (Å²) >= 11 is 3.02. The number of carbonyl (C=O) groups is 1. The average molecular weight is 381 g/mol. The molecule has 0 aliphatic carbocycles. The van der Waals surface area contributed by atoms with E-state index in [0.717, 1.165) is 11.1 Å². The van der Waals surface area contributed by atoms with Crippen molar-refractivity contribution < 1.29 is 13.6 Å². The molecule has 0 spiro atoms. The van der Waals surface area contributed by atoms with E-state index in [-0.39, 0.29) is 16.3 Å². The predicted octanol–water partition coefficient (Wildman–Crippen LogP) is 3.95. The third kappa shape index (κ3) is 3.27. The van der Waals surface area contributed by atoms with Crippen LogP contribution in [0.25, 0.3) is 0 Å². The van der Waals surface area contributed by atoms with Gasteiger partial charge in [0.25, 0.3) is 0 Å². The lowest BCUT2D eigenvalue weighted by Gasteiger charge is -2.18. The van der Waals surface area contributed by atoms with Gasteiger partial charge in [-0.05, 0) is 57.7 Å². The van der Waals surface area contributed by atoms with Crippen molar-refractivity contribution in [2.24, 2.45) is 0 Å². The van der Waals surface area contributed by atoms with Gasteiger partial charge in [0.05, 0.1) is 4.47 Å². The number of likely N-dealkylation sites (tertiary alicyclic amines) is 1. The Labute approximate surface area is 141 Å². The highest BCUT2D eigenvalue weighted by atomic mass is 79.9. The Kier molecular flexibility index (Phi) is 4.43. The highest BCUT2D eigenvalue weighted by Crippen LogP contribution is 2.32. The summed E-state index contributed by atoms with van der Waals surface area (Å²) in [7, 11) is 0. The van der Waals surface area contributed by atoms with Crippen LogP contribution in [0.2, 0.25) is 0 Å². The number of aromatic nitrogens is 1. The van der Waals surface area contributed by atoms with Gasteiger partial charge in [-0.25, -0.2) is 8.78 Å². The van der Waals surface area contributed by atoms with Crippen LogP contribution in [0.1, 0.15) is 29.0 Å². The summed E-state index contributed by atoms with van der Waals surface area (Å²) in [6.45, 7) is 2.96. The fourth-order valence-electron chi connectivity index (χ4n) is 2.84. The molecule has 6 heteroatoms. The monoisotopic (exact) mass is 380 g/mol. The largest absolute Gasteiger partial charge is 0.338 e. The van der Waals surface area contributed by atoms with Crippen LogP contribution in [-0.4, -0.2) is 22.3 Å². The molecular weight excluding hydrogens is 366 g/mol. The molecule has 0 N–H and O–H groups in total. The highest BCUT2D eigenvalue weighted by Gasteiger charge is 2.31. The zero-order chi connectivity index (χ0) is 16.6. The second-order valence-electron chi connectivity index (χ2n) is 5.78. The molecule has 1 aliphatic rings. The Morgan fingerprint density at radius 2 is 2.17 bits per heavy atom. The second-order valence-corrected chi connectivity index (χ2v) is 6.63. The second kappa shape index (κ2) is 6.35. The van der Waals surface area contributed by atoms with Crippen molar-refractivity contribution in [3.05, 3.63) is 63.4 Å². The predicted molar refractivity (Wildman–Crippen MR) is 85.8 cm³/mol. The number of carbonyl (C=O) groups excluding carboxylic acids is 1. The van der Waals surface area contributed by atoms with Gasteiger partial charge in [0.2, 0.25) is 5.91 Å². The normalized spacial score (nSPS) is 17.8. The topological polar surface area (TPSA) is 33.2 Å². The van der Waals surface area contributed by atoms with Crippen molar-refractivity contribution >= 4 is 21.8 Å². The Balaban J connectivity index is 1.79. The first-order chi connectivity index (χ1) is 11.0. The van der Waals surface area contributed by atoms with Gasteiger partial charge in [0.1, 0.15) is 0 Å². The summed E-state index contributed by atoms with van der Waals surface area (Å²) in [5, 5.41) is 0. The molecule has 120 valence electrons. The van der Waals surface area contributed by atoms with E-state index >= 15 is 0 Å². The zero-order valence-electron chi connectivity index (χ0n) is 12.5. The Morgan fingerprint density at radius 3 is 2.87 bits per heavy atom. The van der Waals surface area contributed by atoms with Crippen LogP contribution >= 0.6 is 15.9 Å². The molecule has 0 radical (unpaired) electrons. The van der Waals surface area contributed by atoms with Crippen molar-refractivity contribution in [1.29, 1.82) is 0 Å². The standard InChI is InChI=1S/C17H15BrF2N2O/c1-10-7-21-3-2-11(10)8-22-9-13(6-16(22)23)12-4-14(18)17(20)15(19)5-12/h2-5,7,13H,6,8-9H2,1H3. The molecule has 1 atom stereocenters. The fraction of sp³-hybridized carbons (Fsp3) is 0.294. The van der Waals surface area contributed by atoms with Crippen molar-refractivity contribution in [3.8, 4) is 0 Å². The van der Waals surface area contributed by atoms with Crippen molar-refractivity contribution in [2.45, 2.75) is 25.8 Å². The van der Waals surface area contributed by atoms with Gasteiger partial charge < -0.3 is 4.90 Å². The minimum atomic E-state index is -0.901. The van der Waals surface area contributed by atoms with Crippen molar-refractivity contribution in [3.63, 3.8) is 0 Å². The maximum Gasteiger partial charge on any atom is 0.223 e. The molecule has 1 saturated heterocycles. The summed E-state index contributed by atoms with van der Waals surface area (Å²) in [6.07, 6.45) is 3.77. The van der Waals surface area contributed by atoms with Gasteiger partial charge in [-0.1, -0.05) is 0 Å². The van der Waals surface area contributed by atoms with Crippen LogP contribution in [0.5, 0.6) is 0 Å². The average Bonchev–Trinajstić information content (AvgIpc) is 2.88. The van der Waals surface area contributed by atoms with Gasteiger partial charge in [0, 0.05) is 37.8 Å². The van der Waals surface area contributed by atoms with Crippen LogP contribution < -0.4 is 0 Å². The summed E-state index contributed by atoms with van der Waals surface area (Å²) in [4.78, 5) is 18.0. The van der Waals surface area contributed by atoms with Gasteiger partial charge >= 0.3 is 0 Å². The molecule has 1 unspecified atom stereocenters. The number of hydrogen-bond acceptors (Lipinski definition) is 2. The molecule has 0 bridgehead atoms. The number of rotatable bonds is 3. The summed E-state index contributed by atoms with van der Waals surface area (Å²) in [5.41, 5.74) is 2.71. The molecule has 3 nitrogen and oxygen atoms in total. The summed E-state index contributed by atoms with van der Waals surface area (Å²) in [6, 6.07) is 4.63. The first-order valence-electron chi connectivity index (χ1n) is 7.27. The van der Waals surface area contributed by atoms with Crippen LogP contribution in [0.3, 0.4) is 0 Å². The molecule has 1 aromatic carbocycles. The van der Waals surface area contributed by atoms with Crippen LogP contribution in [-0.2, 0) is 11.3 Å². The first-order valence-corrected chi connectivity index (χ1v) is 8.06. The number of hydrogen-bond donors (Lipinski definition) is 0. The third-order valence-electron chi connectivity index (χ3n) is 4.19. The smallest absolute Gasteiger partial charge is 0.223 e. The lowest BCUT2D eigenvalue weighted by atomic mass is 9.98. The Hall–Kier alpha value is -1.82. The summed E-state index contributed by atoms with van der Waals surface area (Å²) < 4.78 is 27.0. The molecule has 2 aromatic rings. The minimum Gasteiger partial charge on any atom is -0.338 e. The van der Waals surface area contributed by atoms with E-state index in [4.69, 9.17) is 0 Å². The first kappa shape index (κ1) is 16.1. The molecule has 1 aliphatic heterocycles. The van der Waals surface area contributed by atoms with E-state index < -0.39 is 11.6 Å². The van der Waals surface area contributed by atoms with Crippen LogP contribution in [0.4, 0.5) is 8.78 Å². The Bertz CT molecular complexity index is 743. The molecule has 1 fully saturated rings. The van der Waals surface area contributed by atoms with E-state index in [9.17, 15) is 13.6 Å². The van der Waals surface area contributed by atoms with E-state index in [1.807, 2.05) is 13.0 Å². The number of nitrogens with zero attached hydrogens (tertiary/aromatic N) is 2. The molecule has 3 rings (SSSR count). The van der Waals surface area contributed by atoms with E-state index in [0.29, 0.717) is 25.1 Å². The van der Waals surface area contributed by atoms with E-state index in [1.165, 1.54) is 6.07 Å². The summed E-state index contributed by atoms with van der Waals surface area (Å²) in [5.74, 6) is -1.91. The maximum absolute atomic E-state index is 13.6. The van der Waals surface area contributed by atoms with Gasteiger partial charge in [-0.3, -0.25) is 9.78 Å². The highest BCUT2D eigenvalue weighted by molar-refractivity contribution is 9.10. The van der Waals surface area contributed by atoms with Crippen LogP contribution in [0, 0.1) is 18.6 Å². The minimum absolute atomic E-state index is 0.0204. The quantitative estimate of drug-likeness (QED) is 0.755. The van der Waals surface area contributed by atoms with Crippen LogP contribution in [0.15, 0.2) is 35.1 Å². The van der Waals surface area contributed by atoms with Gasteiger partial charge in [-0.2, -0.15) is 0 Å². The van der Waals surface area contributed by atoms with E-state index in [1.54, 1.807) is 23.4 Å². The molecule has 0 saturated carbocycles. The zero-order valence-corrected chi connectivity index (χ0v) is 14.1. The maximum atomic E-state index is 13.6. The van der Waals surface area contributed by atoms with Crippen molar-refractivity contribution in [2.75, 3.05) is 6.54 Å². The molecular formula is C17H15BrF2N2O. The third-order valence-corrected chi connectivity index (χ3v) is 4.77. The fourth-order valence-corrected chi connectivity index (χ4v) is 3.30. The molecule has 2 heterocycles. The number of benzene rings is 1. The molecule has 1 amide bonds. The lowest BCUT2D eigenvalue weighted by Crippen LogP contribution is -2.24. The molecule has 23 heavy (non-hydrogen) atoms. The number of aryl methyl sites for hydroxylation is 1. The lowest BCUT2D eigenvalue weighted by molar-refractivity contribution is -0.128.